The third kappa shape index (κ3) is 6.69. The van der Waals surface area contributed by atoms with Crippen molar-refractivity contribution in [3.63, 3.8) is 0 Å². The molecular weight excluding hydrogens is 226 g/mol. The normalized spacial score (nSPS) is 11.1. The Morgan fingerprint density at radius 1 is 1.33 bits per heavy atom. The molecule has 0 saturated carbocycles. The molecule has 1 aromatic heterocycles. The molecule has 1 rings (SSSR count). The number of nitrogens with one attached hydrogen (secondary N) is 1. The van der Waals surface area contributed by atoms with Crippen LogP contribution in [-0.2, 0) is 11.3 Å². The maximum Gasteiger partial charge on any atom is 0.0543 e. The number of ether oxygens (including phenoxy) is 1. The molecule has 18 heavy (non-hydrogen) atoms. The van der Waals surface area contributed by atoms with E-state index in [2.05, 4.69) is 28.2 Å². The Bertz CT molecular complexity index is 292. The number of methoxy groups -OCH3 is 1. The fraction of sp³-hybridized carbons (Fsp3) is 0.643. The zero-order valence-corrected chi connectivity index (χ0v) is 11.6. The molecule has 0 bridgehead atoms. The quantitative estimate of drug-likeness (QED) is 0.640. The number of pyridine rings is 1. The van der Waals surface area contributed by atoms with Crippen LogP contribution in [-0.4, -0.2) is 49.8 Å². The van der Waals surface area contributed by atoms with E-state index < -0.39 is 0 Å². The van der Waals surface area contributed by atoms with E-state index in [1.54, 1.807) is 7.11 Å². The summed E-state index contributed by atoms with van der Waals surface area (Å²) < 4.78 is 5.01. The molecule has 0 radical (unpaired) electrons. The molecule has 4 heteroatoms. The smallest absolute Gasteiger partial charge is 0.0543 e. The predicted molar refractivity (Wildman–Crippen MR) is 74.6 cm³/mol. The summed E-state index contributed by atoms with van der Waals surface area (Å²) in [6.07, 6.45) is 2.93. The average Bonchev–Trinajstić information content (AvgIpc) is 2.42. The number of nitrogens with zero attached hydrogens (tertiary/aromatic N) is 2. The number of rotatable bonds is 10. The number of likely N-dealkylation sites (N-methyl/N-ethyl adjacent to an activating group) is 1. The molecule has 4 nitrogen and oxygen atoms in total. The Hall–Kier alpha value is -0.970. The summed E-state index contributed by atoms with van der Waals surface area (Å²) >= 11 is 0. The van der Waals surface area contributed by atoms with Gasteiger partial charge in [0.2, 0.25) is 0 Å². The van der Waals surface area contributed by atoms with Crippen molar-refractivity contribution in [2.24, 2.45) is 0 Å². The lowest BCUT2D eigenvalue weighted by molar-refractivity contribution is 0.193. The first-order chi connectivity index (χ1) is 8.86. The van der Waals surface area contributed by atoms with Gasteiger partial charge in [-0.2, -0.15) is 0 Å². The van der Waals surface area contributed by atoms with E-state index in [-0.39, 0.29) is 0 Å². The summed E-state index contributed by atoms with van der Waals surface area (Å²) in [4.78, 5) is 6.75. The Labute approximate surface area is 110 Å². The zero-order chi connectivity index (χ0) is 13.1. The second kappa shape index (κ2) is 10.00. The Kier molecular flexibility index (Phi) is 8.38. The maximum atomic E-state index is 5.01. The van der Waals surface area contributed by atoms with Crippen molar-refractivity contribution in [2.75, 3.05) is 39.9 Å². The lowest BCUT2D eigenvalue weighted by atomic mass is 10.3. The molecule has 0 amide bonds. The van der Waals surface area contributed by atoms with Crippen molar-refractivity contribution in [1.29, 1.82) is 0 Å². The Morgan fingerprint density at radius 2 is 2.22 bits per heavy atom. The number of aromatic nitrogens is 1. The van der Waals surface area contributed by atoms with Gasteiger partial charge in [-0.3, -0.25) is 9.88 Å². The van der Waals surface area contributed by atoms with Gasteiger partial charge in [-0.1, -0.05) is 13.0 Å². The van der Waals surface area contributed by atoms with E-state index in [0.717, 1.165) is 51.4 Å². The molecule has 0 aliphatic heterocycles. The predicted octanol–water partition coefficient (Wildman–Crippen LogP) is 1.53. The minimum atomic E-state index is 0.832. The van der Waals surface area contributed by atoms with Crippen molar-refractivity contribution >= 4 is 0 Å². The summed E-state index contributed by atoms with van der Waals surface area (Å²) in [7, 11) is 1.74. The maximum absolute atomic E-state index is 5.01. The minimum absolute atomic E-state index is 0.832. The van der Waals surface area contributed by atoms with E-state index >= 15 is 0 Å². The van der Waals surface area contributed by atoms with Gasteiger partial charge in [0.05, 0.1) is 5.69 Å². The highest BCUT2D eigenvalue weighted by Crippen LogP contribution is 1.99. The van der Waals surface area contributed by atoms with Crippen molar-refractivity contribution in [2.45, 2.75) is 19.9 Å². The van der Waals surface area contributed by atoms with E-state index in [9.17, 15) is 0 Å². The van der Waals surface area contributed by atoms with Gasteiger partial charge < -0.3 is 10.1 Å². The summed E-state index contributed by atoms with van der Waals surface area (Å²) in [6, 6.07) is 6.07. The molecule has 0 aromatic carbocycles. The fourth-order valence-electron chi connectivity index (χ4n) is 1.77. The van der Waals surface area contributed by atoms with Crippen molar-refractivity contribution < 1.29 is 4.74 Å². The lowest BCUT2D eigenvalue weighted by Crippen LogP contribution is -2.32. The second-order valence-corrected chi connectivity index (χ2v) is 4.29. The van der Waals surface area contributed by atoms with Gasteiger partial charge in [-0.25, -0.2) is 0 Å². The van der Waals surface area contributed by atoms with Crippen molar-refractivity contribution in [1.82, 2.24) is 15.2 Å². The average molecular weight is 251 g/mol. The molecule has 0 unspecified atom stereocenters. The van der Waals surface area contributed by atoms with Crippen molar-refractivity contribution in [3.05, 3.63) is 30.1 Å². The first-order valence-corrected chi connectivity index (χ1v) is 6.68. The first-order valence-electron chi connectivity index (χ1n) is 6.68. The van der Waals surface area contributed by atoms with Crippen LogP contribution in [0.25, 0.3) is 0 Å². The molecule has 0 saturated heterocycles. The highest BCUT2D eigenvalue weighted by atomic mass is 16.5. The Morgan fingerprint density at radius 3 is 2.89 bits per heavy atom. The summed E-state index contributed by atoms with van der Waals surface area (Å²) in [5, 5.41) is 3.43. The van der Waals surface area contributed by atoms with Crippen molar-refractivity contribution in [3.8, 4) is 0 Å². The van der Waals surface area contributed by atoms with Crippen LogP contribution < -0.4 is 5.32 Å². The van der Waals surface area contributed by atoms with Crippen LogP contribution in [0.5, 0.6) is 0 Å². The number of hydrogen-bond acceptors (Lipinski definition) is 4. The highest BCUT2D eigenvalue weighted by Gasteiger charge is 2.03. The summed E-state index contributed by atoms with van der Waals surface area (Å²) in [5.41, 5.74) is 1.14. The van der Waals surface area contributed by atoms with E-state index in [0.29, 0.717) is 0 Å². The molecule has 0 aliphatic rings. The standard InChI is InChI=1S/C14H25N3O/c1-3-17(11-10-15-8-6-12-18-2)13-14-7-4-5-9-16-14/h4-5,7,9,15H,3,6,8,10-13H2,1-2H3. The molecule has 1 aromatic rings. The SMILES string of the molecule is CCN(CCNCCCOC)Cc1ccccn1. The van der Waals surface area contributed by atoms with Gasteiger partial charge in [-0.05, 0) is 31.6 Å². The van der Waals surface area contributed by atoms with Crippen LogP contribution in [0.3, 0.4) is 0 Å². The Balaban J connectivity index is 2.14. The minimum Gasteiger partial charge on any atom is -0.385 e. The van der Waals surface area contributed by atoms with Crippen LogP contribution in [0.15, 0.2) is 24.4 Å². The second-order valence-electron chi connectivity index (χ2n) is 4.29. The molecular formula is C14H25N3O. The van der Waals surface area contributed by atoms with E-state index in [4.69, 9.17) is 4.74 Å². The number of hydrogen-bond donors (Lipinski definition) is 1. The topological polar surface area (TPSA) is 37.4 Å². The molecule has 0 fully saturated rings. The summed E-state index contributed by atoms with van der Waals surface area (Å²) in [6.45, 7) is 8.10. The van der Waals surface area contributed by atoms with Crippen LogP contribution >= 0.6 is 0 Å². The van der Waals surface area contributed by atoms with E-state index in [1.165, 1.54) is 0 Å². The third-order valence-electron chi connectivity index (χ3n) is 2.87. The van der Waals surface area contributed by atoms with Gasteiger partial charge in [0.1, 0.15) is 0 Å². The summed E-state index contributed by atoms with van der Waals surface area (Å²) in [5.74, 6) is 0. The first kappa shape index (κ1) is 15.1. The van der Waals surface area contributed by atoms with Gasteiger partial charge in [0.15, 0.2) is 0 Å². The monoisotopic (exact) mass is 251 g/mol. The molecule has 0 aliphatic carbocycles. The largest absolute Gasteiger partial charge is 0.385 e. The zero-order valence-electron chi connectivity index (χ0n) is 11.6. The fourth-order valence-corrected chi connectivity index (χ4v) is 1.77. The lowest BCUT2D eigenvalue weighted by Gasteiger charge is -2.20. The van der Waals surface area contributed by atoms with Crippen LogP contribution in [0.2, 0.25) is 0 Å². The molecule has 102 valence electrons. The van der Waals surface area contributed by atoms with Crippen LogP contribution in [0.1, 0.15) is 19.0 Å². The van der Waals surface area contributed by atoms with Crippen LogP contribution in [0, 0.1) is 0 Å². The molecule has 1 heterocycles. The molecule has 0 atom stereocenters. The molecule has 0 spiro atoms. The van der Waals surface area contributed by atoms with E-state index in [1.807, 2.05) is 18.3 Å². The van der Waals surface area contributed by atoms with Gasteiger partial charge >= 0.3 is 0 Å². The molecule has 1 N–H and O–H groups in total. The third-order valence-corrected chi connectivity index (χ3v) is 2.87. The van der Waals surface area contributed by atoms with Crippen LogP contribution in [0.4, 0.5) is 0 Å². The van der Waals surface area contributed by atoms with Gasteiger partial charge in [0.25, 0.3) is 0 Å². The highest BCUT2D eigenvalue weighted by molar-refractivity contribution is 5.03. The van der Waals surface area contributed by atoms with Gasteiger partial charge in [-0.15, -0.1) is 0 Å². The van der Waals surface area contributed by atoms with Gasteiger partial charge in [0, 0.05) is 39.5 Å².